The van der Waals surface area contributed by atoms with Crippen LogP contribution >= 0.6 is 23.5 Å². The molecule has 19 atom stereocenters. The first kappa shape index (κ1) is 97.7. The molecule has 652 valence electrons. The Morgan fingerprint density at radius 3 is 1.07 bits per heavy atom. The number of rotatable bonds is 52. The van der Waals surface area contributed by atoms with Crippen LogP contribution in [-0.4, -0.2) is 360 Å². The van der Waals surface area contributed by atoms with E-state index in [4.69, 9.17) is 74.5 Å². The van der Waals surface area contributed by atoms with E-state index in [0.29, 0.717) is 44.9 Å². The van der Waals surface area contributed by atoms with Crippen LogP contribution in [0, 0.1) is 5.92 Å². The van der Waals surface area contributed by atoms with Crippen LogP contribution in [0.4, 0.5) is 0 Å². The zero-order valence-electron chi connectivity index (χ0n) is 64.5. The normalized spacial score (nSPS) is 29.4. The van der Waals surface area contributed by atoms with Crippen molar-refractivity contribution < 1.29 is 173 Å². The van der Waals surface area contributed by atoms with Crippen molar-refractivity contribution in [1.82, 2.24) is 25.3 Å². The lowest BCUT2D eigenvalue weighted by Gasteiger charge is -2.42. The monoisotopic (exact) mass is 1680 g/mol. The number of phosphoric acid groups is 3. The summed E-state index contributed by atoms with van der Waals surface area (Å²) in [6.45, 7) is 3.36. The molecule has 0 aliphatic carbocycles. The van der Waals surface area contributed by atoms with Crippen LogP contribution in [0.25, 0.3) is 0 Å². The first-order valence-electron chi connectivity index (χ1n) is 38.7. The molecule has 0 aromatic heterocycles. The number of amides is 5. The maximum atomic E-state index is 13.1. The lowest BCUT2D eigenvalue weighted by atomic mass is 9.92. The van der Waals surface area contributed by atoms with Crippen molar-refractivity contribution in [2.24, 2.45) is 5.92 Å². The van der Waals surface area contributed by atoms with Gasteiger partial charge in [0, 0.05) is 125 Å². The van der Waals surface area contributed by atoms with Crippen molar-refractivity contribution >= 4 is 53.0 Å². The maximum Gasteiger partial charge on any atom is 0.472 e. The second kappa shape index (κ2) is 50.1. The number of hydrogen-bond acceptors (Lipinski definition) is 33. The molecule has 41 nitrogen and oxygen atoms in total. The van der Waals surface area contributed by atoms with Crippen molar-refractivity contribution in [2.75, 3.05) is 145 Å². The number of likely N-dealkylation sites (tertiary alicyclic amines) is 3. The van der Waals surface area contributed by atoms with Gasteiger partial charge in [-0.3, -0.25) is 51.1 Å². The second-order valence-electron chi connectivity index (χ2n) is 28.9. The molecule has 0 spiro atoms. The predicted octanol–water partition coefficient (Wildman–Crippen LogP) is -1.12. The number of piperidine rings is 3. The number of hydrogen-bond donors (Lipinski definition) is 14. The van der Waals surface area contributed by atoms with E-state index < -0.39 is 171 Å². The highest BCUT2D eigenvalue weighted by molar-refractivity contribution is 7.48. The molecule has 6 fully saturated rings. The third-order valence-electron chi connectivity index (χ3n) is 19.8. The van der Waals surface area contributed by atoms with Crippen LogP contribution < -0.4 is 10.6 Å². The lowest BCUT2D eigenvalue weighted by Crippen LogP contribution is -2.64. The topological polar surface area (TPSA) is 561 Å². The van der Waals surface area contributed by atoms with Crippen molar-refractivity contribution in [1.29, 1.82) is 0 Å². The van der Waals surface area contributed by atoms with Gasteiger partial charge in [0.1, 0.15) is 66.5 Å². The molecule has 112 heavy (non-hydrogen) atoms. The fraction of sp³-hybridized carbons (Fsp3) is 0.926. The van der Waals surface area contributed by atoms with Crippen LogP contribution in [-0.2, 0) is 112 Å². The molecule has 6 heterocycles. The minimum atomic E-state index is -4.58. The molecule has 0 aromatic carbocycles. The summed E-state index contributed by atoms with van der Waals surface area (Å²) in [6, 6.07) is -2.19. The third-order valence-corrected chi connectivity index (χ3v) is 23.1. The molecule has 19 unspecified atom stereocenters. The molecular formula is C68H124N5O36P3. The average Bonchev–Trinajstić information content (AvgIpc) is 0.829. The van der Waals surface area contributed by atoms with Gasteiger partial charge in [0.15, 0.2) is 18.9 Å². The van der Waals surface area contributed by atoms with Gasteiger partial charge in [-0.15, -0.1) is 0 Å². The fourth-order valence-electron chi connectivity index (χ4n) is 13.5. The van der Waals surface area contributed by atoms with E-state index in [0.717, 1.165) is 0 Å². The lowest BCUT2D eigenvalue weighted by molar-refractivity contribution is -0.282. The first-order chi connectivity index (χ1) is 53.3. The molecule has 0 bridgehead atoms. The minimum absolute atomic E-state index is 0.00484. The van der Waals surface area contributed by atoms with E-state index >= 15 is 0 Å². The number of aliphatic hydroxyl groups excluding tert-OH is 9. The van der Waals surface area contributed by atoms with Gasteiger partial charge in [-0.2, -0.15) is 0 Å². The van der Waals surface area contributed by atoms with Crippen LogP contribution in [0.2, 0.25) is 0 Å². The Hall–Kier alpha value is -3.08. The number of carbonyl (C=O) groups excluding carboxylic acids is 5. The SMILES string of the molecule is COCC(COCCCOP(=O)(O)OC1CCN(C(=O)CCCCOC2OC(CO)C(O)C(O)C2C)CC1)(COCCCOP(=O)(O)OC1CCN(C(=O)CCCCOC2OC(CO)C(O)C(O)C2NC(C)=O)CC1)OCCCCOP(=O)(O)OC1CCN(C(=O)CCCCOC2OC(CO)C(O)C(O)C2NC(C)=O)CC1. The Balaban J connectivity index is 0.889. The van der Waals surface area contributed by atoms with Gasteiger partial charge in [0.25, 0.3) is 0 Å². The smallest absolute Gasteiger partial charge is 0.394 e. The molecule has 6 rings (SSSR count). The van der Waals surface area contributed by atoms with Crippen molar-refractivity contribution in [3.63, 3.8) is 0 Å². The van der Waals surface area contributed by atoms with Crippen LogP contribution in [0.1, 0.15) is 143 Å². The summed E-state index contributed by atoms with van der Waals surface area (Å²) < 4.78 is 129. The number of ether oxygens (including phenoxy) is 10. The minimum Gasteiger partial charge on any atom is -0.394 e. The van der Waals surface area contributed by atoms with Crippen molar-refractivity contribution in [3.8, 4) is 0 Å². The molecule has 0 saturated carbocycles. The Morgan fingerprint density at radius 2 is 0.732 bits per heavy atom. The van der Waals surface area contributed by atoms with E-state index in [1.807, 2.05) is 0 Å². The zero-order valence-corrected chi connectivity index (χ0v) is 67.2. The van der Waals surface area contributed by atoms with Crippen LogP contribution in [0.15, 0.2) is 0 Å². The summed E-state index contributed by atoms with van der Waals surface area (Å²) >= 11 is 0. The molecule has 5 amide bonds. The maximum absolute atomic E-state index is 13.1. The zero-order chi connectivity index (χ0) is 82.0. The fourth-order valence-corrected chi connectivity index (χ4v) is 16.5. The van der Waals surface area contributed by atoms with Gasteiger partial charge in [-0.1, -0.05) is 6.92 Å². The third kappa shape index (κ3) is 33.6. The summed E-state index contributed by atoms with van der Waals surface area (Å²) in [6.07, 6.45) is -11.2. The number of carbonyl (C=O) groups is 5. The van der Waals surface area contributed by atoms with E-state index in [2.05, 4.69) is 10.6 Å². The standard InChI is InChI=1S/C68H124N5O36P3/c1-45-59(82)60(83)51(39-74)104-65(45)97-32-8-5-15-54(79)71-26-20-49(21-27-71)108-111(90,91)102-37-13-30-95-43-68(42-94-4,44-96-31-14-38-103-112(92,93)109-50-22-28-73(29-23-50)56(81)17-7-10-34-99-67-58(70-47(3)78)64(87)62(85)53(41-76)106-67)100-35-11-12-36-101-110(88,89)107-48-18-24-72(25-19-48)55(80)16-6-9-33-98-66-57(69-46(2)77)63(86)61(84)52(40-75)105-66/h45,48-53,57-67,74-76,82-87H,5-44H2,1-4H3,(H,69,77)(H,70,78)(H,88,89)(H,90,91)(H,92,93). The molecule has 6 saturated heterocycles. The van der Waals surface area contributed by atoms with Gasteiger partial charge in [0.2, 0.25) is 29.5 Å². The van der Waals surface area contributed by atoms with Crippen LogP contribution in [0.5, 0.6) is 0 Å². The number of aliphatic hydroxyl groups is 9. The van der Waals surface area contributed by atoms with Gasteiger partial charge >= 0.3 is 23.5 Å². The molecule has 6 aliphatic heterocycles. The van der Waals surface area contributed by atoms with E-state index in [1.165, 1.54) is 21.0 Å². The largest absolute Gasteiger partial charge is 0.472 e. The van der Waals surface area contributed by atoms with Gasteiger partial charge < -0.3 is 133 Å². The Kier molecular flexibility index (Phi) is 43.7. The molecule has 14 N–H and O–H groups in total. The Labute approximate surface area is 652 Å². The van der Waals surface area contributed by atoms with E-state index in [1.54, 1.807) is 21.6 Å². The van der Waals surface area contributed by atoms with Crippen molar-refractivity contribution in [3.05, 3.63) is 0 Å². The molecule has 0 aromatic rings. The summed E-state index contributed by atoms with van der Waals surface area (Å²) in [5, 5.41) is 95.5. The molecule has 0 radical (unpaired) electrons. The van der Waals surface area contributed by atoms with Crippen molar-refractivity contribution in [2.45, 2.75) is 253 Å². The van der Waals surface area contributed by atoms with Gasteiger partial charge in [-0.25, -0.2) is 13.7 Å². The Bertz CT molecular complexity index is 2780. The van der Waals surface area contributed by atoms with Gasteiger partial charge in [0.05, 0.1) is 83.9 Å². The van der Waals surface area contributed by atoms with E-state index in [-0.39, 0.29) is 213 Å². The first-order valence-corrected chi connectivity index (χ1v) is 43.2. The van der Waals surface area contributed by atoms with Crippen LogP contribution in [0.3, 0.4) is 0 Å². The summed E-state index contributed by atoms with van der Waals surface area (Å²) in [5.41, 5.74) is -1.29. The number of nitrogens with zero attached hydrogens (tertiary/aromatic N) is 3. The number of methoxy groups -OCH3 is 1. The highest BCUT2D eigenvalue weighted by atomic mass is 31.2. The number of phosphoric ester groups is 3. The second-order valence-corrected chi connectivity index (χ2v) is 33.1. The molecular weight excluding hydrogens is 1560 g/mol. The Morgan fingerprint density at radius 1 is 0.420 bits per heavy atom. The molecule has 6 aliphatic rings. The molecule has 44 heteroatoms. The number of unbranched alkanes of at least 4 members (excludes halogenated alkanes) is 4. The van der Waals surface area contributed by atoms with Gasteiger partial charge in [-0.05, 0) is 103 Å². The summed E-state index contributed by atoms with van der Waals surface area (Å²) in [5.74, 6) is -1.94. The summed E-state index contributed by atoms with van der Waals surface area (Å²) in [4.78, 5) is 99.5. The number of nitrogens with one attached hydrogen (secondary N) is 2. The van der Waals surface area contributed by atoms with E-state index in [9.17, 15) is 98.3 Å². The highest BCUT2D eigenvalue weighted by Gasteiger charge is 2.48. The quantitative estimate of drug-likeness (QED) is 0.0253. The predicted molar refractivity (Wildman–Crippen MR) is 387 cm³/mol. The average molecular weight is 1680 g/mol. The summed E-state index contributed by atoms with van der Waals surface area (Å²) in [7, 11) is -12.3. The highest BCUT2D eigenvalue weighted by Crippen LogP contribution is 2.48.